The number of piperazine rings is 1. The van der Waals surface area contributed by atoms with Crippen molar-refractivity contribution < 1.29 is 27.9 Å². The fraction of sp³-hybridized carbons (Fsp3) is 0.364. The molecule has 3 rings (SSSR count). The van der Waals surface area contributed by atoms with E-state index in [1.807, 2.05) is 30.3 Å². The fourth-order valence-corrected chi connectivity index (χ4v) is 5.13. The Hall–Kier alpha value is -2.75. The van der Waals surface area contributed by atoms with Gasteiger partial charge in [0.15, 0.2) is 0 Å². The molecule has 2 aromatic carbocycles. The largest absolute Gasteiger partial charge is 0.479 e. The number of carboxylic acid groups (broad SMARTS) is 1. The summed E-state index contributed by atoms with van der Waals surface area (Å²) in [5, 5.41) is 12.8. The minimum atomic E-state index is -4.30. The Morgan fingerprint density at radius 2 is 1.61 bits per heavy atom. The molecule has 1 unspecified atom stereocenters. The van der Waals surface area contributed by atoms with Crippen molar-refractivity contribution in [2.45, 2.75) is 36.8 Å². The van der Waals surface area contributed by atoms with E-state index in [1.165, 1.54) is 12.1 Å². The van der Waals surface area contributed by atoms with Gasteiger partial charge in [-0.05, 0) is 44.0 Å². The van der Waals surface area contributed by atoms with Crippen molar-refractivity contribution in [1.29, 1.82) is 0 Å². The lowest BCUT2D eigenvalue weighted by Crippen LogP contribution is -2.71. The molecule has 2 N–H and O–H groups in total. The SMILES string of the molecule is CC(C)(C)OC(=O)C1(C(=O)O)CNCCN1S(=O)(=O)c1ccc(-c2ccccc2)cc1. The van der Waals surface area contributed by atoms with Crippen LogP contribution in [0, 0.1) is 0 Å². The second-order valence-electron chi connectivity index (χ2n) is 8.31. The summed E-state index contributed by atoms with van der Waals surface area (Å²) in [6.45, 7) is 4.42. The van der Waals surface area contributed by atoms with E-state index >= 15 is 0 Å². The highest BCUT2D eigenvalue weighted by molar-refractivity contribution is 7.89. The van der Waals surface area contributed by atoms with Crippen molar-refractivity contribution in [2.24, 2.45) is 0 Å². The number of carbonyl (C=O) groups is 2. The van der Waals surface area contributed by atoms with Crippen LogP contribution in [-0.2, 0) is 24.3 Å². The highest BCUT2D eigenvalue weighted by Gasteiger charge is 2.59. The monoisotopic (exact) mass is 446 g/mol. The van der Waals surface area contributed by atoms with Gasteiger partial charge in [0.1, 0.15) is 5.60 Å². The third kappa shape index (κ3) is 4.48. The molecule has 1 saturated heterocycles. The third-order valence-corrected chi connectivity index (χ3v) is 6.88. The zero-order valence-electron chi connectivity index (χ0n) is 17.7. The normalized spacial score (nSPS) is 20.2. The van der Waals surface area contributed by atoms with E-state index in [0.29, 0.717) is 0 Å². The summed E-state index contributed by atoms with van der Waals surface area (Å²) >= 11 is 0. The summed E-state index contributed by atoms with van der Waals surface area (Å²) in [6.07, 6.45) is 0. The molecule has 1 aliphatic rings. The molecule has 2 aromatic rings. The van der Waals surface area contributed by atoms with Gasteiger partial charge in [-0.3, -0.25) is 0 Å². The first-order valence-electron chi connectivity index (χ1n) is 9.84. The number of sulfonamides is 1. The van der Waals surface area contributed by atoms with E-state index in [1.54, 1.807) is 32.9 Å². The van der Waals surface area contributed by atoms with Gasteiger partial charge in [0.2, 0.25) is 15.6 Å². The molecule has 0 spiro atoms. The number of benzene rings is 2. The number of rotatable bonds is 5. The van der Waals surface area contributed by atoms with Gasteiger partial charge in [-0.1, -0.05) is 42.5 Å². The van der Waals surface area contributed by atoms with Crippen LogP contribution in [0.5, 0.6) is 0 Å². The second kappa shape index (κ2) is 8.41. The van der Waals surface area contributed by atoms with E-state index in [-0.39, 0.29) is 18.0 Å². The first-order chi connectivity index (χ1) is 14.5. The number of esters is 1. The molecule has 0 radical (unpaired) electrons. The maximum atomic E-state index is 13.5. The maximum Gasteiger partial charge on any atom is 0.341 e. The van der Waals surface area contributed by atoms with Crippen LogP contribution in [-0.4, -0.2) is 60.5 Å². The summed E-state index contributed by atoms with van der Waals surface area (Å²) in [6, 6.07) is 15.6. The number of aliphatic carboxylic acids is 1. The molecule has 1 fully saturated rings. The average molecular weight is 447 g/mol. The molecule has 9 heteroatoms. The van der Waals surface area contributed by atoms with Crippen molar-refractivity contribution in [1.82, 2.24) is 9.62 Å². The van der Waals surface area contributed by atoms with Gasteiger partial charge in [-0.25, -0.2) is 18.0 Å². The van der Waals surface area contributed by atoms with Gasteiger partial charge in [-0.2, -0.15) is 4.31 Å². The summed E-state index contributed by atoms with van der Waals surface area (Å²) < 4.78 is 33.0. The molecule has 0 aromatic heterocycles. The molecule has 166 valence electrons. The van der Waals surface area contributed by atoms with E-state index < -0.39 is 39.6 Å². The molecule has 1 heterocycles. The van der Waals surface area contributed by atoms with Gasteiger partial charge in [0, 0.05) is 19.6 Å². The van der Waals surface area contributed by atoms with Crippen molar-refractivity contribution in [2.75, 3.05) is 19.6 Å². The summed E-state index contributed by atoms with van der Waals surface area (Å²) in [7, 11) is -4.30. The van der Waals surface area contributed by atoms with Crippen LogP contribution in [0.2, 0.25) is 0 Å². The minimum absolute atomic E-state index is 0.0942. The summed E-state index contributed by atoms with van der Waals surface area (Å²) in [5.41, 5.74) is -1.65. The smallest absolute Gasteiger partial charge is 0.341 e. The van der Waals surface area contributed by atoms with Gasteiger partial charge in [0.25, 0.3) is 0 Å². The van der Waals surface area contributed by atoms with Crippen molar-refractivity contribution in [3.63, 3.8) is 0 Å². The standard InChI is InChI=1S/C22H26N2O6S/c1-21(2,3)30-20(27)22(19(25)26)15-23-13-14-24(22)31(28,29)18-11-9-17(10-12-18)16-7-5-4-6-8-16/h4-12,23H,13-15H2,1-3H3,(H,25,26). The predicted octanol–water partition coefficient (Wildman–Crippen LogP) is 2.11. The molecule has 31 heavy (non-hydrogen) atoms. The second-order valence-corrected chi connectivity index (χ2v) is 10.2. The lowest BCUT2D eigenvalue weighted by atomic mass is 9.97. The lowest BCUT2D eigenvalue weighted by molar-refractivity contribution is -0.176. The first kappa shape index (κ1) is 22.9. The molecule has 0 aliphatic carbocycles. The Morgan fingerprint density at radius 3 is 2.16 bits per heavy atom. The topological polar surface area (TPSA) is 113 Å². The Kier molecular flexibility index (Phi) is 6.22. The Balaban J connectivity index is 2.02. The van der Waals surface area contributed by atoms with Crippen molar-refractivity contribution >= 4 is 22.0 Å². The summed E-state index contributed by atoms with van der Waals surface area (Å²) in [5.74, 6) is -2.71. The van der Waals surface area contributed by atoms with Gasteiger partial charge in [0.05, 0.1) is 4.90 Å². The van der Waals surface area contributed by atoms with Crippen molar-refractivity contribution in [3.05, 3.63) is 54.6 Å². The van der Waals surface area contributed by atoms with Gasteiger partial charge >= 0.3 is 11.9 Å². The molecule has 8 nitrogen and oxygen atoms in total. The lowest BCUT2D eigenvalue weighted by Gasteiger charge is -2.42. The van der Waals surface area contributed by atoms with Crippen LogP contribution < -0.4 is 5.32 Å². The molecule has 1 aliphatic heterocycles. The van der Waals surface area contributed by atoms with Crippen molar-refractivity contribution in [3.8, 4) is 11.1 Å². The van der Waals surface area contributed by atoms with Crippen LogP contribution >= 0.6 is 0 Å². The number of carbonyl (C=O) groups excluding carboxylic acids is 1. The number of hydrogen-bond donors (Lipinski definition) is 2. The third-order valence-electron chi connectivity index (χ3n) is 4.94. The van der Waals surface area contributed by atoms with E-state index in [0.717, 1.165) is 15.4 Å². The number of carboxylic acids is 1. The zero-order valence-corrected chi connectivity index (χ0v) is 18.5. The van der Waals surface area contributed by atoms with Gasteiger partial charge in [-0.15, -0.1) is 0 Å². The number of nitrogens with one attached hydrogen (secondary N) is 1. The number of hydrogen-bond acceptors (Lipinski definition) is 6. The molecule has 0 bridgehead atoms. The summed E-state index contributed by atoms with van der Waals surface area (Å²) in [4.78, 5) is 25.1. The first-order valence-corrected chi connectivity index (χ1v) is 11.3. The highest BCUT2D eigenvalue weighted by Crippen LogP contribution is 2.31. The minimum Gasteiger partial charge on any atom is -0.479 e. The maximum absolute atomic E-state index is 13.5. The molecule has 1 atom stereocenters. The predicted molar refractivity (Wildman–Crippen MR) is 115 cm³/mol. The van der Waals surface area contributed by atoms with Crippen LogP contribution in [0.1, 0.15) is 20.8 Å². The quantitative estimate of drug-likeness (QED) is 0.534. The Bertz CT molecular complexity index is 1060. The van der Waals surface area contributed by atoms with Crippen LogP contribution in [0.3, 0.4) is 0 Å². The van der Waals surface area contributed by atoms with E-state index in [4.69, 9.17) is 4.74 Å². The van der Waals surface area contributed by atoms with Gasteiger partial charge < -0.3 is 15.2 Å². The Morgan fingerprint density at radius 1 is 1.03 bits per heavy atom. The van der Waals surface area contributed by atoms with Crippen LogP contribution in [0.4, 0.5) is 0 Å². The highest BCUT2D eigenvalue weighted by atomic mass is 32.2. The molecular formula is C22H26N2O6S. The van der Waals surface area contributed by atoms with Crippen LogP contribution in [0.25, 0.3) is 11.1 Å². The number of nitrogens with zero attached hydrogens (tertiary/aromatic N) is 1. The molecular weight excluding hydrogens is 420 g/mol. The average Bonchev–Trinajstić information content (AvgIpc) is 2.73. The zero-order chi connectivity index (χ0) is 22.9. The molecule has 0 amide bonds. The molecule has 0 saturated carbocycles. The van der Waals surface area contributed by atoms with E-state index in [2.05, 4.69) is 5.32 Å². The van der Waals surface area contributed by atoms with E-state index in [9.17, 15) is 23.1 Å². The number of ether oxygens (including phenoxy) is 1. The fourth-order valence-electron chi connectivity index (χ4n) is 3.44. The van der Waals surface area contributed by atoms with Crippen LogP contribution in [0.15, 0.2) is 59.5 Å². The Labute approximate surface area is 181 Å².